The fourth-order valence-electron chi connectivity index (χ4n) is 1.90. The molecule has 0 spiro atoms. The van der Waals surface area contributed by atoms with Crippen molar-refractivity contribution in [1.29, 1.82) is 0 Å². The monoisotopic (exact) mass is 258 g/mol. The zero-order valence-electron chi connectivity index (χ0n) is 11.2. The van der Waals surface area contributed by atoms with Crippen LogP contribution in [0.2, 0.25) is 0 Å². The van der Waals surface area contributed by atoms with Crippen LogP contribution in [0.15, 0.2) is 36.4 Å². The molecule has 0 aliphatic heterocycles. The van der Waals surface area contributed by atoms with E-state index in [0.29, 0.717) is 11.3 Å². The van der Waals surface area contributed by atoms with E-state index in [0.717, 1.165) is 11.1 Å². The average molecular weight is 258 g/mol. The Morgan fingerprint density at radius 2 is 1.79 bits per heavy atom. The Kier molecular flexibility index (Phi) is 3.65. The number of halogens is 1. The van der Waals surface area contributed by atoms with E-state index in [1.165, 1.54) is 25.3 Å². The second-order valence-corrected chi connectivity index (χ2v) is 4.47. The lowest BCUT2D eigenvalue weighted by Gasteiger charge is -2.09. The molecule has 2 aromatic rings. The molecule has 0 amide bonds. The number of carbonyl (C=O) groups excluding carboxylic acids is 1. The summed E-state index contributed by atoms with van der Waals surface area (Å²) in [5.74, 6) is -0.308. The highest BCUT2D eigenvalue weighted by molar-refractivity contribution is 6.10. The van der Waals surface area contributed by atoms with Crippen molar-refractivity contribution >= 4 is 5.78 Å². The summed E-state index contributed by atoms with van der Waals surface area (Å²) in [4.78, 5) is 12.4. The van der Waals surface area contributed by atoms with Gasteiger partial charge in [-0.3, -0.25) is 4.79 Å². The standard InChI is InChI=1S/C16H15FO2/c1-10-4-5-12(8-11(10)2)16(18)14-9-13(17)6-7-15(14)19-3/h4-9H,1-3H3. The molecule has 0 aromatic heterocycles. The van der Waals surface area contributed by atoms with Crippen LogP contribution in [-0.2, 0) is 0 Å². The second-order valence-electron chi connectivity index (χ2n) is 4.47. The summed E-state index contributed by atoms with van der Waals surface area (Å²) in [5.41, 5.74) is 2.92. The van der Waals surface area contributed by atoms with E-state index in [1.807, 2.05) is 26.0 Å². The Morgan fingerprint density at radius 3 is 2.42 bits per heavy atom. The summed E-state index contributed by atoms with van der Waals surface area (Å²) in [6.07, 6.45) is 0. The maximum atomic E-state index is 13.3. The van der Waals surface area contributed by atoms with Crippen molar-refractivity contribution in [3.05, 3.63) is 64.5 Å². The minimum Gasteiger partial charge on any atom is -0.496 e. The summed E-state index contributed by atoms with van der Waals surface area (Å²) in [6, 6.07) is 9.38. The number of aryl methyl sites for hydroxylation is 2. The number of carbonyl (C=O) groups is 1. The molecule has 2 nitrogen and oxygen atoms in total. The lowest BCUT2D eigenvalue weighted by Crippen LogP contribution is -2.05. The molecule has 0 radical (unpaired) electrons. The lowest BCUT2D eigenvalue weighted by molar-refractivity contribution is 0.103. The fraction of sp³-hybridized carbons (Fsp3) is 0.188. The summed E-state index contributed by atoms with van der Waals surface area (Å²) in [7, 11) is 1.46. The van der Waals surface area contributed by atoms with Crippen LogP contribution in [0.3, 0.4) is 0 Å². The first-order chi connectivity index (χ1) is 9.02. The van der Waals surface area contributed by atoms with Crippen LogP contribution in [0.5, 0.6) is 5.75 Å². The predicted molar refractivity (Wildman–Crippen MR) is 72.3 cm³/mol. The molecule has 0 saturated heterocycles. The molecule has 0 saturated carbocycles. The zero-order valence-corrected chi connectivity index (χ0v) is 11.2. The number of ether oxygens (including phenoxy) is 1. The first kappa shape index (κ1) is 13.3. The molecule has 0 fully saturated rings. The van der Waals surface area contributed by atoms with Crippen LogP contribution in [0, 0.1) is 19.7 Å². The van der Waals surface area contributed by atoms with Gasteiger partial charge in [0.25, 0.3) is 0 Å². The quantitative estimate of drug-likeness (QED) is 0.785. The van der Waals surface area contributed by atoms with Crippen LogP contribution in [0.1, 0.15) is 27.0 Å². The Labute approximate surface area is 111 Å². The van der Waals surface area contributed by atoms with Crippen molar-refractivity contribution in [2.24, 2.45) is 0 Å². The highest BCUT2D eigenvalue weighted by Gasteiger charge is 2.15. The molecule has 2 rings (SSSR count). The third-order valence-electron chi connectivity index (χ3n) is 3.18. The molecule has 0 aliphatic rings. The van der Waals surface area contributed by atoms with Gasteiger partial charge in [-0.1, -0.05) is 12.1 Å². The van der Waals surface area contributed by atoms with Gasteiger partial charge in [-0.2, -0.15) is 0 Å². The van der Waals surface area contributed by atoms with Gasteiger partial charge in [0, 0.05) is 5.56 Å². The minimum atomic E-state index is -0.451. The van der Waals surface area contributed by atoms with Gasteiger partial charge in [0.2, 0.25) is 0 Å². The van der Waals surface area contributed by atoms with Crippen molar-refractivity contribution < 1.29 is 13.9 Å². The normalized spacial score (nSPS) is 10.3. The van der Waals surface area contributed by atoms with Crippen molar-refractivity contribution in [3.8, 4) is 5.75 Å². The zero-order chi connectivity index (χ0) is 14.0. The van der Waals surface area contributed by atoms with Crippen LogP contribution in [0.25, 0.3) is 0 Å². The lowest BCUT2D eigenvalue weighted by atomic mass is 9.98. The minimum absolute atomic E-state index is 0.237. The number of rotatable bonds is 3. The molecule has 0 heterocycles. The molecule has 0 unspecified atom stereocenters. The summed E-state index contributed by atoms with van der Waals surface area (Å²) < 4.78 is 18.4. The summed E-state index contributed by atoms with van der Waals surface area (Å²) in [5, 5.41) is 0. The van der Waals surface area contributed by atoms with Crippen molar-refractivity contribution in [2.45, 2.75) is 13.8 Å². The largest absolute Gasteiger partial charge is 0.496 e. The van der Waals surface area contributed by atoms with Gasteiger partial charge in [-0.15, -0.1) is 0 Å². The van der Waals surface area contributed by atoms with Crippen molar-refractivity contribution in [1.82, 2.24) is 0 Å². The van der Waals surface area contributed by atoms with E-state index in [9.17, 15) is 9.18 Å². The molecule has 0 aliphatic carbocycles. The van der Waals surface area contributed by atoms with Gasteiger partial charge in [-0.25, -0.2) is 4.39 Å². The Bertz CT molecular complexity index is 633. The number of ketones is 1. The first-order valence-electron chi connectivity index (χ1n) is 5.98. The van der Waals surface area contributed by atoms with E-state index in [1.54, 1.807) is 6.07 Å². The number of hydrogen-bond acceptors (Lipinski definition) is 2. The van der Waals surface area contributed by atoms with Gasteiger partial charge in [0.15, 0.2) is 5.78 Å². The van der Waals surface area contributed by atoms with Gasteiger partial charge in [-0.05, 0) is 49.2 Å². The molecule has 2 aromatic carbocycles. The molecule has 3 heteroatoms. The smallest absolute Gasteiger partial charge is 0.196 e. The van der Waals surface area contributed by atoms with Crippen LogP contribution in [0.4, 0.5) is 4.39 Å². The number of benzene rings is 2. The van der Waals surface area contributed by atoms with E-state index in [2.05, 4.69) is 0 Å². The third kappa shape index (κ3) is 2.65. The van der Waals surface area contributed by atoms with Gasteiger partial charge in [0.05, 0.1) is 12.7 Å². The van der Waals surface area contributed by atoms with Crippen LogP contribution >= 0.6 is 0 Å². The summed E-state index contributed by atoms with van der Waals surface area (Å²) >= 11 is 0. The van der Waals surface area contributed by atoms with Gasteiger partial charge >= 0.3 is 0 Å². The average Bonchev–Trinajstić information content (AvgIpc) is 2.41. The van der Waals surface area contributed by atoms with E-state index in [4.69, 9.17) is 4.74 Å². The van der Waals surface area contributed by atoms with E-state index < -0.39 is 5.82 Å². The third-order valence-corrected chi connectivity index (χ3v) is 3.18. The van der Waals surface area contributed by atoms with Crippen LogP contribution in [-0.4, -0.2) is 12.9 Å². The maximum absolute atomic E-state index is 13.3. The SMILES string of the molecule is COc1ccc(F)cc1C(=O)c1ccc(C)c(C)c1. The highest BCUT2D eigenvalue weighted by atomic mass is 19.1. The molecule has 0 bridgehead atoms. The molecule has 0 N–H and O–H groups in total. The van der Waals surface area contributed by atoms with Gasteiger partial charge in [0.1, 0.15) is 11.6 Å². The Hall–Kier alpha value is -2.16. The Balaban J connectivity index is 2.49. The number of hydrogen-bond donors (Lipinski definition) is 0. The highest BCUT2D eigenvalue weighted by Crippen LogP contribution is 2.23. The molecular weight excluding hydrogens is 243 g/mol. The van der Waals surface area contributed by atoms with Gasteiger partial charge < -0.3 is 4.74 Å². The van der Waals surface area contributed by atoms with Crippen molar-refractivity contribution in [2.75, 3.05) is 7.11 Å². The van der Waals surface area contributed by atoms with E-state index in [-0.39, 0.29) is 11.3 Å². The summed E-state index contributed by atoms with van der Waals surface area (Å²) in [6.45, 7) is 3.92. The molecule has 0 atom stereocenters. The fourth-order valence-corrected chi connectivity index (χ4v) is 1.90. The number of methoxy groups -OCH3 is 1. The topological polar surface area (TPSA) is 26.3 Å². The molecule has 98 valence electrons. The van der Waals surface area contributed by atoms with E-state index >= 15 is 0 Å². The maximum Gasteiger partial charge on any atom is 0.196 e. The second kappa shape index (κ2) is 5.22. The van der Waals surface area contributed by atoms with Crippen LogP contribution < -0.4 is 4.74 Å². The Morgan fingerprint density at radius 1 is 1.05 bits per heavy atom. The van der Waals surface area contributed by atoms with Crippen molar-refractivity contribution in [3.63, 3.8) is 0 Å². The molecular formula is C16H15FO2. The first-order valence-corrected chi connectivity index (χ1v) is 5.98. The predicted octanol–water partition coefficient (Wildman–Crippen LogP) is 3.68. The molecule has 19 heavy (non-hydrogen) atoms.